The van der Waals surface area contributed by atoms with E-state index in [1.165, 1.54) is 6.92 Å². The number of benzene rings is 1. The Morgan fingerprint density at radius 1 is 0.846 bits per heavy atom. The molecule has 13 heavy (non-hydrogen) atoms. The van der Waals surface area contributed by atoms with Crippen molar-refractivity contribution in [2.45, 2.75) is 6.92 Å². The summed E-state index contributed by atoms with van der Waals surface area (Å²) in [5.74, 6) is 0. The van der Waals surface area contributed by atoms with Crippen LogP contribution < -0.4 is 3.61 Å². The Morgan fingerprint density at radius 3 is 1.54 bits per heavy atom. The van der Waals surface area contributed by atoms with Crippen molar-refractivity contribution in [3.63, 3.8) is 0 Å². The Kier molecular flexibility index (Phi) is 1.80. The first-order chi connectivity index (χ1) is 5.49. The van der Waals surface area contributed by atoms with Gasteiger partial charge in [0.1, 0.15) is 0 Å². The van der Waals surface area contributed by atoms with Gasteiger partial charge in [0.15, 0.2) is 0 Å². The molecule has 0 aliphatic rings. The number of halogens is 5. The summed E-state index contributed by atoms with van der Waals surface area (Å²) >= 11 is -10.3. The minimum absolute atomic E-state index is 0.431. The van der Waals surface area contributed by atoms with Crippen LogP contribution in [0.15, 0.2) is 24.3 Å². The molecule has 0 heterocycles. The van der Waals surface area contributed by atoms with Crippen LogP contribution in [0, 0.1) is 6.92 Å². The van der Waals surface area contributed by atoms with Gasteiger partial charge < -0.3 is 0 Å². The van der Waals surface area contributed by atoms with Gasteiger partial charge in [0.05, 0.1) is 0 Å². The standard InChI is InChI=1S/C7H7F5Te/c1-6-2-4-7(5-3-6)13(8,9,10,11)12/h2-5H,1H3. The minimum atomic E-state index is -10.3. The summed E-state index contributed by atoms with van der Waals surface area (Å²) < 4.78 is 59.0. The van der Waals surface area contributed by atoms with Crippen molar-refractivity contribution in [1.29, 1.82) is 0 Å². The molecule has 1 aromatic carbocycles. The summed E-state index contributed by atoms with van der Waals surface area (Å²) in [7, 11) is 0. The maximum absolute atomic E-state index is 12.2. The zero-order valence-corrected chi connectivity index (χ0v) is 8.94. The molecule has 0 nitrogen and oxygen atoms in total. The second-order valence-corrected chi connectivity index (χ2v) is 9.66. The van der Waals surface area contributed by atoms with Crippen LogP contribution >= 0.6 is 0 Å². The molecule has 0 amide bonds. The van der Waals surface area contributed by atoms with Crippen molar-refractivity contribution in [1.82, 2.24) is 0 Å². The van der Waals surface area contributed by atoms with E-state index in [9.17, 15) is 14.5 Å². The predicted molar refractivity (Wildman–Crippen MR) is 42.1 cm³/mol. The van der Waals surface area contributed by atoms with Gasteiger partial charge in [-0.1, -0.05) is 0 Å². The zero-order valence-electron chi connectivity index (χ0n) is 6.61. The topological polar surface area (TPSA) is 0 Å². The molecule has 0 aliphatic carbocycles. The maximum atomic E-state index is 12.2. The summed E-state index contributed by atoms with van der Waals surface area (Å²) in [5, 5.41) is 0. The molecule has 0 atom stereocenters. The van der Waals surface area contributed by atoms with Crippen LogP contribution in [-0.4, -0.2) is 18.3 Å². The first kappa shape index (κ1) is 10.7. The van der Waals surface area contributed by atoms with Crippen molar-refractivity contribution in [3.05, 3.63) is 29.8 Å². The van der Waals surface area contributed by atoms with E-state index in [-0.39, 0.29) is 0 Å². The van der Waals surface area contributed by atoms with Crippen molar-refractivity contribution < 1.29 is 14.5 Å². The van der Waals surface area contributed by atoms with E-state index in [1.807, 2.05) is 0 Å². The Balaban J connectivity index is 3.34. The molecule has 6 heteroatoms. The van der Waals surface area contributed by atoms with Crippen molar-refractivity contribution in [2.75, 3.05) is 0 Å². The fourth-order valence-electron chi connectivity index (χ4n) is 0.795. The van der Waals surface area contributed by atoms with Gasteiger partial charge in [-0.25, -0.2) is 0 Å². The van der Waals surface area contributed by atoms with Gasteiger partial charge in [-0.2, -0.15) is 0 Å². The van der Waals surface area contributed by atoms with E-state index in [1.54, 1.807) is 0 Å². The van der Waals surface area contributed by atoms with Crippen LogP contribution in [-0.2, 0) is 0 Å². The molecule has 1 rings (SSSR count). The molecule has 0 saturated carbocycles. The van der Waals surface area contributed by atoms with E-state index in [2.05, 4.69) is 0 Å². The summed E-state index contributed by atoms with van der Waals surface area (Å²) in [6.45, 7) is 1.53. The van der Waals surface area contributed by atoms with E-state index in [0.717, 1.165) is 12.1 Å². The fourth-order valence-corrected chi connectivity index (χ4v) is 2.65. The van der Waals surface area contributed by atoms with Gasteiger partial charge in [0.2, 0.25) is 0 Å². The summed E-state index contributed by atoms with van der Waals surface area (Å²) in [6.07, 6.45) is 0. The number of hydrogen-bond donors (Lipinski definition) is 0. The molecule has 0 aliphatic heterocycles. The van der Waals surface area contributed by atoms with Crippen molar-refractivity contribution >= 4 is 21.9 Å². The Bertz CT molecular complexity index is 321. The van der Waals surface area contributed by atoms with Gasteiger partial charge >= 0.3 is 73.1 Å². The second-order valence-electron chi connectivity index (χ2n) is 2.78. The summed E-state index contributed by atoms with van der Waals surface area (Å²) in [4.78, 5) is 0. The molecule has 0 aromatic heterocycles. The van der Waals surface area contributed by atoms with E-state index in [4.69, 9.17) is 0 Å². The fraction of sp³-hybridized carbons (Fsp3) is 0.143. The third kappa shape index (κ3) is 2.81. The first-order valence-corrected chi connectivity index (χ1v) is 8.87. The normalized spacial score (nSPS) is 17.7. The third-order valence-electron chi connectivity index (χ3n) is 1.47. The molecule has 0 N–H and O–H groups in total. The van der Waals surface area contributed by atoms with Crippen LogP contribution in [0.1, 0.15) is 5.56 Å². The molecular weight excluding hydrogens is 307 g/mol. The van der Waals surface area contributed by atoms with Gasteiger partial charge in [-0.3, -0.25) is 0 Å². The summed E-state index contributed by atoms with van der Waals surface area (Å²) in [5.41, 5.74) is 0.517. The molecule has 76 valence electrons. The van der Waals surface area contributed by atoms with Crippen LogP contribution in [0.2, 0.25) is 0 Å². The first-order valence-electron chi connectivity index (χ1n) is 3.30. The summed E-state index contributed by atoms with van der Waals surface area (Å²) in [6, 6.07) is 2.91. The molecule has 0 fully saturated rings. The Hall–Kier alpha value is -0.340. The Labute approximate surface area is 73.4 Å². The number of rotatable bonds is 1. The number of hydrogen-bond acceptors (Lipinski definition) is 0. The van der Waals surface area contributed by atoms with E-state index < -0.39 is 21.9 Å². The van der Waals surface area contributed by atoms with Crippen LogP contribution in [0.25, 0.3) is 0 Å². The van der Waals surface area contributed by atoms with Gasteiger partial charge in [0.25, 0.3) is 0 Å². The quantitative estimate of drug-likeness (QED) is 0.552. The van der Waals surface area contributed by atoms with Crippen LogP contribution in [0.4, 0.5) is 14.5 Å². The SMILES string of the molecule is Cc1ccc([Te](F)(F)(F)(F)F)cc1. The average Bonchev–Trinajstić information content (AvgIpc) is 1.82. The van der Waals surface area contributed by atoms with E-state index in [0.29, 0.717) is 17.7 Å². The molecule has 0 radical (unpaired) electrons. The van der Waals surface area contributed by atoms with Gasteiger partial charge in [0, 0.05) is 0 Å². The van der Waals surface area contributed by atoms with Crippen LogP contribution in [0.3, 0.4) is 0 Å². The second kappa shape index (κ2) is 2.18. The average molecular weight is 314 g/mol. The number of aryl methyl sites for hydroxylation is 1. The molecule has 1 aromatic rings. The molecule has 0 saturated heterocycles. The van der Waals surface area contributed by atoms with Crippen molar-refractivity contribution in [3.8, 4) is 0 Å². The molecule has 0 bridgehead atoms. The predicted octanol–water partition coefficient (Wildman–Crippen LogP) is 2.89. The third-order valence-corrected chi connectivity index (χ3v) is 4.79. The molecule has 0 unspecified atom stereocenters. The van der Waals surface area contributed by atoms with Crippen molar-refractivity contribution in [2.24, 2.45) is 0 Å². The van der Waals surface area contributed by atoms with Crippen LogP contribution in [0.5, 0.6) is 0 Å². The van der Waals surface area contributed by atoms with E-state index >= 15 is 0 Å². The molecular formula is C7H7F5Te. The zero-order chi connectivity index (χ0) is 10.4. The molecule has 0 spiro atoms. The monoisotopic (exact) mass is 316 g/mol. The van der Waals surface area contributed by atoms with Gasteiger partial charge in [-0.15, -0.1) is 0 Å². The Morgan fingerprint density at radius 2 is 1.23 bits per heavy atom. The van der Waals surface area contributed by atoms with Gasteiger partial charge in [-0.05, 0) is 0 Å².